The molecule has 0 amide bonds. The molecule has 68 valence electrons. The molecule has 0 radical (unpaired) electrons. The van der Waals surface area contributed by atoms with Crippen LogP contribution >= 0.6 is 0 Å². The lowest BCUT2D eigenvalue weighted by molar-refractivity contribution is 0.0113. The van der Waals surface area contributed by atoms with Gasteiger partial charge in [-0.25, -0.2) is 0 Å². The second-order valence-corrected chi connectivity index (χ2v) is 2.68. The average Bonchev–Trinajstić information content (AvgIpc) is 2.03. The molecule has 0 rings (SSSR count). The van der Waals surface area contributed by atoms with E-state index in [0.29, 0.717) is 12.7 Å². The van der Waals surface area contributed by atoms with Gasteiger partial charge in [0.2, 0.25) is 0 Å². The SMILES string of the molecule is CCCC(CC)OCCOC. The summed E-state index contributed by atoms with van der Waals surface area (Å²) < 4.78 is 10.4. The highest BCUT2D eigenvalue weighted by atomic mass is 16.5. The van der Waals surface area contributed by atoms with Gasteiger partial charge in [0.25, 0.3) is 0 Å². The first-order chi connectivity index (χ1) is 5.35. The summed E-state index contributed by atoms with van der Waals surface area (Å²) in [5, 5.41) is 0. The Labute approximate surface area is 69.9 Å². The Hall–Kier alpha value is -0.0800. The van der Waals surface area contributed by atoms with Crippen LogP contribution in [-0.4, -0.2) is 26.4 Å². The number of methoxy groups -OCH3 is 1. The van der Waals surface area contributed by atoms with Crippen LogP contribution < -0.4 is 0 Å². The van der Waals surface area contributed by atoms with Crippen LogP contribution in [-0.2, 0) is 9.47 Å². The standard InChI is InChI=1S/C9H20O2/c1-4-6-9(5-2)11-8-7-10-3/h9H,4-8H2,1-3H3. The molecule has 0 aliphatic rings. The molecular weight excluding hydrogens is 140 g/mol. The Morgan fingerprint density at radius 1 is 1.18 bits per heavy atom. The lowest BCUT2D eigenvalue weighted by atomic mass is 10.2. The van der Waals surface area contributed by atoms with Crippen molar-refractivity contribution in [2.24, 2.45) is 0 Å². The van der Waals surface area contributed by atoms with Gasteiger partial charge in [0.1, 0.15) is 0 Å². The maximum atomic E-state index is 5.55. The summed E-state index contributed by atoms with van der Waals surface area (Å²) >= 11 is 0. The third-order valence-electron chi connectivity index (χ3n) is 1.71. The van der Waals surface area contributed by atoms with Crippen LogP contribution in [0.25, 0.3) is 0 Å². The number of hydrogen-bond acceptors (Lipinski definition) is 2. The minimum atomic E-state index is 0.440. The maximum absolute atomic E-state index is 5.55. The van der Waals surface area contributed by atoms with Crippen molar-refractivity contribution in [3.8, 4) is 0 Å². The fourth-order valence-electron chi connectivity index (χ4n) is 1.03. The Morgan fingerprint density at radius 3 is 2.36 bits per heavy atom. The molecule has 1 unspecified atom stereocenters. The molecule has 0 aliphatic heterocycles. The van der Waals surface area contributed by atoms with Gasteiger partial charge >= 0.3 is 0 Å². The maximum Gasteiger partial charge on any atom is 0.0704 e. The molecule has 0 heterocycles. The van der Waals surface area contributed by atoms with Gasteiger partial charge in [0, 0.05) is 7.11 Å². The van der Waals surface area contributed by atoms with Crippen molar-refractivity contribution in [1.82, 2.24) is 0 Å². The predicted octanol–water partition coefficient (Wildman–Crippen LogP) is 2.23. The highest BCUT2D eigenvalue weighted by molar-refractivity contribution is 4.53. The van der Waals surface area contributed by atoms with Gasteiger partial charge in [-0.15, -0.1) is 0 Å². The van der Waals surface area contributed by atoms with Crippen molar-refractivity contribution in [3.63, 3.8) is 0 Å². The molecule has 0 aliphatic carbocycles. The normalized spacial score (nSPS) is 13.4. The van der Waals surface area contributed by atoms with Crippen LogP contribution in [0.15, 0.2) is 0 Å². The summed E-state index contributed by atoms with van der Waals surface area (Å²) in [4.78, 5) is 0. The molecule has 1 atom stereocenters. The van der Waals surface area contributed by atoms with Crippen molar-refractivity contribution >= 4 is 0 Å². The van der Waals surface area contributed by atoms with Crippen LogP contribution in [0.4, 0.5) is 0 Å². The number of rotatable bonds is 7. The van der Waals surface area contributed by atoms with E-state index in [9.17, 15) is 0 Å². The van der Waals surface area contributed by atoms with Crippen molar-refractivity contribution in [1.29, 1.82) is 0 Å². The van der Waals surface area contributed by atoms with Gasteiger partial charge in [-0.1, -0.05) is 20.3 Å². The summed E-state index contributed by atoms with van der Waals surface area (Å²) in [6.45, 7) is 5.78. The second kappa shape index (κ2) is 8.02. The third kappa shape index (κ3) is 6.32. The van der Waals surface area contributed by atoms with Crippen LogP contribution in [0.2, 0.25) is 0 Å². The first-order valence-corrected chi connectivity index (χ1v) is 4.45. The van der Waals surface area contributed by atoms with Crippen molar-refractivity contribution in [2.45, 2.75) is 39.2 Å². The molecule has 0 bridgehead atoms. The van der Waals surface area contributed by atoms with E-state index in [0.717, 1.165) is 13.0 Å². The van der Waals surface area contributed by atoms with E-state index < -0.39 is 0 Å². The predicted molar refractivity (Wildman–Crippen MR) is 46.8 cm³/mol. The van der Waals surface area contributed by atoms with Gasteiger partial charge in [-0.3, -0.25) is 0 Å². The molecule has 0 aromatic carbocycles. The van der Waals surface area contributed by atoms with Crippen molar-refractivity contribution in [2.75, 3.05) is 20.3 Å². The van der Waals surface area contributed by atoms with Gasteiger partial charge in [0.05, 0.1) is 19.3 Å². The summed E-state index contributed by atoms with van der Waals surface area (Å²) in [6, 6.07) is 0. The van der Waals surface area contributed by atoms with E-state index in [4.69, 9.17) is 9.47 Å². The molecule has 0 spiro atoms. The van der Waals surface area contributed by atoms with Crippen molar-refractivity contribution < 1.29 is 9.47 Å². The van der Waals surface area contributed by atoms with Gasteiger partial charge in [-0.05, 0) is 12.8 Å². The zero-order valence-corrected chi connectivity index (χ0v) is 7.93. The molecule has 11 heavy (non-hydrogen) atoms. The molecule has 2 heteroatoms. The zero-order chi connectivity index (χ0) is 8.53. The van der Waals surface area contributed by atoms with E-state index >= 15 is 0 Å². The van der Waals surface area contributed by atoms with E-state index in [2.05, 4.69) is 13.8 Å². The number of hydrogen-bond donors (Lipinski definition) is 0. The lowest BCUT2D eigenvalue weighted by Gasteiger charge is -2.14. The quantitative estimate of drug-likeness (QED) is 0.532. The zero-order valence-electron chi connectivity index (χ0n) is 7.93. The first-order valence-electron chi connectivity index (χ1n) is 4.45. The van der Waals surface area contributed by atoms with E-state index in [1.807, 2.05) is 0 Å². The molecule has 0 saturated carbocycles. The van der Waals surface area contributed by atoms with Gasteiger partial charge < -0.3 is 9.47 Å². The van der Waals surface area contributed by atoms with Crippen LogP contribution in [0.5, 0.6) is 0 Å². The fraction of sp³-hybridized carbons (Fsp3) is 1.00. The largest absolute Gasteiger partial charge is 0.382 e. The molecular formula is C9H20O2. The minimum absolute atomic E-state index is 0.440. The van der Waals surface area contributed by atoms with Gasteiger partial charge in [-0.2, -0.15) is 0 Å². The molecule has 2 nitrogen and oxygen atoms in total. The molecule has 0 aromatic rings. The Morgan fingerprint density at radius 2 is 1.91 bits per heavy atom. The number of ether oxygens (including phenoxy) is 2. The van der Waals surface area contributed by atoms with E-state index in [-0.39, 0.29) is 0 Å². The molecule has 0 saturated heterocycles. The summed E-state index contributed by atoms with van der Waals surface area (Å²) in [6.07, 6.45) is 3.92. The topological polar surface area (TPSA) is 18.5 Å². The van der Waals surface area contributed by atoms with E-state index in [1.54, 1.807) is 7.11 Å². The van der Waals surface area contributed by atoms with Crippen LogP contribution in [0, 0.1) is 0 Å². The third-order valence-corrected chi connectivity index (χ3v) is 1.71. The summed E-state index contributed by atoms with van der Waals surface area (Å²) in [5.74, 6) is 0. The minimum Gasteiger partial charge on any atom is -0.382 e. The highest BCUT2D eigenvalue weighted by Gasteiger charge is 2.03. The van der Waals surface area contributed by atoms with Crippen LogP contribution in [0.3, 0.4) is 0 Å². The monoisotopic (exact) mass is 160 g/mol. The Kier molecular flexibility index (Phi) is 7.96. The lowest BCUT2D eigenvalue weighted by Crippen LogP contribution is -2.14. The Balaban J connectivity index is 3.20. The second-order valence-electron chi connectivity index (χ2n) is 2.68. The molecule has 0 N–H and O–H groups in total. The first kappa shape index (κ1) is 10.9. The highest BCUT2D eigenvalue weighted by Crippen LogP contribution is 2.05. The van der Waals surface area contributed by atoms with Crippen molar-refractivity contribution in [3.05, 3.63) is 0 Å². The van der Waals surface area contributed by atoms with Crippen LogP contribution in [0.1, 0.15) is 33.1 Å². The van der Waals surface area contributed by atoms with E-state index in [1.165, 1.54) is 12.8 Å². The smallest absolute Gasteiger partial charge is 0.0704 e. The average molecular weight is 160 g/mol. The Bertz CT molecular complexity index is 74.0. The molecule has 0 aromatic heterocycles. The van der Waals surface area contributed by atoms with Gasteiger partial charge in [0.15, 0.2) is 0 Å². The summed E-state index contributed by atoms with van der Waals surface area (Å²) in [5.41, 5.74) is 0. The summed E-state index contributed by atoms with van der Waals surface area (Å²) in [7, 11) is 1.70. The molecule has 0 fully saturated rings. The fourth-order valence-corrected chi connectivity index (χ4v) is 1.03.